The smallest absolute Gasteiger partial charge is 0.275 e. The van der Waals surface area contributed by atoms with E-state index in [2.05, 4.69) is 5.32 Å². The van der Waals surface area contributed by atoms with Gasteiger partial charge in [0.2, 0.25) is 0 Å². The molecule has 3 N–H and O–H groups in total. The first-order chi connectivity index (χ1) is 12.0. The Balaban J connectivity index is 1.87. The highest BCUT2D eigenvalue weighted by molar-refractivity contribution is 6.30. The fourth-order valence-electron chi connectivity index (χ4n) is 2.61. The van der Waals surface area contributed by atoms with Crippen molar-refractivity contribution in [3.8, 4) is 0 Å². The lowest BCUT2D eigenvalue weighted by Crippen LogP contribution is -2.87. The molecular formula is C20H24ClN2O2+. The van der Waals surface area contributed by atoms with Crippen LogP contribution in [0.25, 0.3) is 0 Å². The van der Waals surface area contributed by atoms with Crippen molar-refractivity contribution in [1.29, 1.82) is 0 Å². The first kappa shape index (κ1) is 19.2. The highest BCUT2D eigenvalue weighted by Crippen LogP contribution is 2.14. The molecule has 0 spiro atoms. The Hall–Kier alpha value is -2.17. The Bertz CT molecular complexity index is 719. The zero-order valence-electron chi connectivity index (χ0n) is 14.5. The number of Topliss-reactive ketones (excluding diaryl/α,β-unsaturated/α-hetero) is 1. The van der Waals surface area contributed by atoms with Gasteiger partial charge in [-0.05, 0) is 38.0 Å². The van der Waals surface area contributed by atoms with Crippen LogP contribution >= 0.6 is 11.6 Å². The summed E-state index contributed by atoms with van der Waals surface area (Å²) in [6.45, 7) is 3.78. The summed E-state index contributed by atoms with van der Waals surface area (Å²) >= 11 is 6.00. The molecule has 0 saturated heterocycles. The first-order valence-corrected chi connectivity index (χ1v) is 8.76. The van der Waals surface area contributed by atoms with E-state index in [0.717, 1.165) is 11.1 Å². The molecule has 0 aromatic heterocycles. The Labute approximate surface area is 153 Å². The number of halogens is 1. The molecule has 2 aromatic carbocycles. The highest BCUT2D eigenvalue weighted by Gasteiger charge is 2.19. The van der Waals surface area contributed by atoms with E-state index >= 15 is 0 Å². The third kappa shape index (κ3) is 6.33. The Morgan fingerprint density at radius 3 is 2.48 bits per heavy atom. The highest BCUT2D eigenvalue weighted by atomic mass is 35.5. The van der Waals surface area contributed by atoms with Crippen LogP contribution in [0.4, 0.5) is 0 Å². The Morgan fingerprint density at radius 2 is 1.84 bits per heavy atom. The summed E-state index contributed by atoms with van der Waals surface area (Å²) in [5.41, 5.74) is 2.09. The zero-order valence-corrected chi connectivity index (χ0v) is 15.3. The van der Waals surface area contributed by atoms with Gasteiger partial charge in [-0.3, -0.25) is 9.59 Å². The van der Waals surface area contributed by atoms with Gasteiger partial charge in [0.05, 0.1) is 6.04 Å². The second-order valence-electron chi connectivity index (χ2n) is 6.20. The molecular weight excluding hydrogens is 336 g/mol. The molecule has 0 saturated carbocycles. The predicted octanol–water partition coefficient (Wildman–Crippen LogP) is 2.28. The van der Waals surface area contributed by atoms with E-state index in [1.165, 1.54) is 6.92 Å². The predicted molar refractivity (Wildman–Crippen MR) is 99.4 cm³/mol. The number of carbonyl (C=O) groups is 2. The zero-order chi connectivity index (χ0) is 18.2. The molecule has 5 heteroatoms. The summed E-state index contributed by atoms with van der Waals surface area (Å²) in [6, 6.07) is 16.9. The fourth-order valence-corrected chi connectivity index (χ4v) is 2.81. The van der Waals surface area contributed by atoms with Crippen molar-refractivity contribution in [2.45, 2.75) is 32.4 Å². The van der Waals surface area contributed by atoms with E-state index in [1.54, 1.807) is 0 Å². The number of carbonyl (C=O) groups excluding carboxylic acids is 2. The lowest BCUT2D eigenvalue weighted by atomic mass is 10.0. The van der Waals surface area contributed by atoms with Crippen LogP contribution in [0.1, 0.15) is 31.0 Å². The summed E-state index contributed by atoms with van der Waals surface area (Å²) in [5, 5.41) is 5.45. The van der Waals surface area contributed by atoms with Crippen LogP contribution in [0, 0.1) is 0 Å². The maximum Gasteiger partial charge on any atom is 0.275 e. The van der Waals surface area contributed by atoms with Gasteiger partial charge in [0, 0.05) is 10.6 Å². The van der Waals surface area contributed by atoms with Gasteiger partial charge in [0.25, 0.3) is 5.91 Å². The number of quaternary nitrogens is 1. The van der Waals surface area contributed by atoms with E-state index in [1.807, 2.05) is 66.8 Å². The van der Waals surface area contributed by atoms with E-state index in [0.29, 0.717) is 11.4 Å². The Morgan fingerprint density at radius 1 is 1.12 bits per heavy atom. The number of benzene rings is 2. The molecule has 25 heavy (non-hydrogen) atoms. The number of nitrogens with two attached hydrogens (primary N) is 1. The van der Waals surface area contributed by atoms with Crippen LogP contribution in [0.5, 0.6) is 0 Å². The van der Waals surface area contributed by atoms with Crippen molar-refractivity contribution in [3.63, 3.8) is 0 Å². The minimum Gasteiger partial charge on any atom is -0.341 e. The number of rotatable bonds is 8. The third-order valence-electron chi connectivity index (χ3n) is 4.14. The molecule has 1 amide bonds. The molecule has 132 valence electrons. The molecule has 0 aliphatic heterocycles. The van der Waals surface area contributed by atoms with Crippen molar-refractivity contribution in [2.24, 2.45) is 0 Å². The van der Waals surface area contributed by atoms with Gasteiger partial charge < -0.3 is 10.6 Å². The molecule has 2 rings (SSSR count). The molecule has 0 aliphatic carbocycles. The van der Waals surface area contributed by atoms with Crippen LogP contribution in [0.2, 0.25) is 5.02 Å². The minimum absolute atomic E-state index is 0.0416. The molecule has 2 aromatic rings. The summed E-state index contributed by atoms with van der Waals surface area (Å²) in [4.78, 5) is 24.1. The van der Waals surface area contributed by atoms with Crippen molar-refractivity contribution in [3.05, 3.63) is 70.7 Å². The average Bonchev–Trinajstić information content (AvgIpc) is 2.60. The molecule has 0 fully saturated rings. The standard InChI is InChI=1S/C20H23ClN2O2/c1-14(17-9-6-10-18(21)12-17)22-13-20(25)23-19(15(2)24)11-16-7-4-3-5-8-16/h3-10,12,14,19,22H,11,13H2,1-2H3,(H,23,25)/p+1/t14-,19+/m0/s1. The van der Waals surface area contributed by atoms with Crippen molar-refractivity contribution in [1.82, 2.24) is 5.32 Å². The van der Waals surface area contributed by atoms with E-state index in [-0.39, 0.29) is 24.3 Å². The van der Waals surface area contributed by atoms with E-state index in [4.69, 9.17) is 11.6 Å². The maximum absolute atomic E-state index is 12.2. The number of hydrogen-bond acceptors (Lipinski definition) is 2. The van der Waals surface area contributed by atoms with Gasteiger partial charge in [-0.1, -0.05) is 54.1 Å². The maximum atomic E-state index is 12.2. The second kappa shape index (κ2) is 9.35. The van der Waals surface area contributed by atoms with Crippen LogP contribution in [0.3, 0.4) is 0 Å². The second-order valence-corrected chi connectivity index (χ2v) is 6.64. The minimum atomic E-state index is -0.496. The number of amides is 1. The summed E-state index contributed by atoms with van der Waals surface area (Å²) in [5.74, 6) is -0.190. The van der Waals surface area contributed by atoms with Crippen molar-refractivity contribution in [2.75, 3.05) is 6.54 Å². The first-order valence-electron chi connectivity index (χ1n) is 8.38. The topological polar surface area (TPSA) is 62.8 Å². The van der Waals surface area contributed by atoms with Gasteiger partial charge >= 0.3 is 0 Å². The average molecular weight is 360 g/mol. The third-order valence-corrected chi connectivity index (χ3v) is 4.37. The number of ketones is 1. The molecule has 4 nitrogen and oxygen atoms in total. The quantitative estimate of drug-likeness (QED) is 0.759. The van der Waals surface area contributed by atoms with Crippen LogP contribution in [0.15, 0.2) is 54.6 Å². The van der Waals surface area contributed by atoms with Crippen LogP contribution in [-0.2, 0) is 16.0 Å². The van der Waals surface area contributed by atoms with E-state index in [9.17, 15) is 9.59 Å². The SMILES string of the molecule is CC(=O)[C@@H](Cc1ccccc1)NC(=O)C[NH2+][C@@H](C)c1cccc(Cl)c1. The molecule has 0 radical (unpaired) electrons. The van der Waals surface area contributed by atoms with Crippen molar-refractivity contribution >= 4 is 23.3 Å². The molecule has 0 bridgehead atoms. The van der Waals surface area contributed by atoms with E-state index < -0.39 is 6.04 Å². The number of nitrogens with one attached hydrogen (secondary N) is 1. The number of hydrogen-bond donors (Lipinski definition) is 2. The van der Waals surface area contributed by atoms with Gasteiger partial charge in [-0.2, -0.15) is 0 Å². The van der Waals surface area contributed by atoms with Crippen LogP contribution in [-0.4, -0.2) is 24.3 Å². The monoisotopic (exact) mass is 359 g/mol. The normalized spacial score (nSPS) is 13.1. The van der Waals surface area contributed by atoms with Gasteiger partial charge in [-0.15, -0.1) is 0 Å². The molecule has 0 unspecified atom stereocenters. The lowest BCUT2D eigenvalue weighted by molar-refractivity contribution is -0.682. The fraction of sp³-hybridized carbons (Fsp3) is 0.300. The largest absolute Gasteiger partial charge is 0.341 e. The molecule has 0 heterocycles. The van der Waals surface area contributed by atoms with Gasteiger partial charge in [0.1, 0.15) is 6.04 Å². The van der Waals surface area contributed by atoms with Crippen molar-refractivity contribution < 1.29 is 14.9 Å². The van der Waals surface area contributed by atoms with Gasteiger partial charge in [0.15, 0.2) is 12.3 Å². The Kier molecular flexibility index (Phi) is 7.16. The van der Waals surface area contributed by atoms with Gasteiger partial charge in [-0.25, -0.2) is 0 Å². The molecule has 0 aliphatic rings. The lowest BCUT2D eigenvalue weighted by Gasteiger charge is -2.17. The molecule has 2 atom stereocenters. The van der Waals surface area contributed by atoms with Crippen LogP contribution < -0.4 is 10.6 Å². The summed E-state index contributed by atoms with van der Waals surface area (Å²) < 4.78 is 0. The summed E-state index contributed by atoms with van der Waals surface area (Å²) in [7, 11) is 0. The summed E-state index contributed by atoms with van der Waals surface area (Å²) in [6.07, 6.45) is 0.506.